The molecule has 0 heterocycles. The van der Waals surface area contributed by atoms with Gasteiger partial charge in [-0.1, -0.05) is 78.3 Å². The molecule has 1 saturated carbocycles. The molecule has 1 aromatic carbocycles. The molecule has 3 atom stereocenters. The van der Waals surface area contributed by atoms with E-state index in [1.54, 1.807) is 0 Å². The van der Waals surface area contributed by atoms with Crippen LogP contribution in [-0.4, -0.2) is 11.1 Å². The molecule has 0 spiro atoms. The highest BCUT2D eigenvalue weighted by atomic mass is 16.4. The molecule has 1 N–H and O–H groups in total. The molecule has 152 valence electrons. The largest absolute Gasteiger partial charge is 0.478 e. The lowest BCUT2D eigenvalue weighted by Gasteiger charge is -2.42. The van der Waals surface area contributed by atoms with E-state index in [2.05, 4.69) is 65.8 Å². The lowest BCUT2D eigenvalue weighted by molar-refractivity contribution is -0.131. The van der Waals surface area contributed by atoms with E-state index in [0.29, 0.717) is 11.8 Å². The van der Waals surface area contributed by atoms with Crippen LogP contribution < -0.4 is 0 Å². The van der Waals surface area contributed by atoms with Gasteiger partial charge in [-0.05, 0) is 64.7 Å². The summed E-state index contributed by atoms with van der Waals surface area (Å²) in [6, 6.07) is 7.24. The number of carbonyl (C=O) groups is 1. The van der Waals surface area contributed by atoms with Gasteiger partial charge >= 0.3 is 5.97 Å². The summed E-state index contributed by atoms with van der Waals surface area (Å²) in [5.74, 6) is 0.193. The quantitative estimate of drug-likeness (QED) is 0.465. The summed E-state index contributed by atoms with van der Waals surface area (Å²) in [6.45, 7) is 16.0. The first-order chi connectivity index (χ1) is 12.9. The van der Waals surface area contributed by atoms with Crippen molar-refractivity contribution in [2.75, 3.05) is 0 Å². The van der Waals surface area contributed by atoms with Crippen molar-refractivity contribution in [1.29, 1.82) is 0 Å². The van der Waals surface area contributed by atoms with Gasteiger partial charge in [0.15, 0.2) is 0 Å². The van der Waals surface area contributed by atoms with Crippen LogP contribution in [0.2, 0.25) is 0 Å². The third-order valence-corrected chi connectivity index (χ3v) is 7.62. The molecule has 1 aromatic rings. The second kappa shape index (κ2) is 6.90. The number of aliphatic carboxylic acids is 1. The average molecular weight is 381 g/mol. The molecule has 28 heavy (non-hydrogen) atoms. The smallest absolute Gasteiger partial charge is 0.328 e. The number of carboxylic acids is 1. The average Bonchev–Trinajstić information content (AvgIpc) is 3.21. The standard InChI is InChI=1S/C26H36O2/c1-8-19-21(11-9-17(2)15-23(27)28)26(19,7)18-10-12-20-22(16-18)25(5,6)14-13-24(20,3)4/h9-12,15-16,19,21H,8,13-14H2,1-7H3,(H,27,28)/b11-9+,17-15+/t19-,21-,26+/m1/s1. The van der Waals surface area contributed by atoms with Gasteiger partial charge < -0.3 is 5.11 Å². The third-order valence-electron chi connectivity index (χ3n) is 7.62. The van der Waals surface area contributed by atoms with E-state index in [9.17, 15) is 4.79 Å². The maximum absolute atomic E-state index is 10.9. The van der Waals surface area contributed by atoms with Crippen molar-refractivity contribution < 1.29 is 9.90 Å². The lowest BCUT2D eigenvalue weighted by Crippen LogP contribution is -2.34. The molecule has 2 aliphatic carbocycles. The second-order valence-corrected chi connectivity index (χ2v) is 10.4. The van der Waals surface area contributed by atoms with Crippen molar-refractivity contribution in [1.82, 2.24) is 0 Å². The monoisotopic (exact) mass is 380 g/mol. The number of hydrogen-bond acceptors (Lipinski definition) is 1. The zero-order valence-corrected chi connectivity index (χ0v) is 18.6. The summed E-state index contributed by atoms with van der Waals surface area (Å²) >= 11 is 0. The summed E-state index contributed by atoms with van der Waals surface area (Å²) in [5, 5.41) is 8.94. The van der Waals surface area contributed by atoms with Gasteiger partial charge in [-0.3, -0.25) is 0 Å². The fourth-order valence-corrected chi connectivity index (χ4v) is 5.48. The molecule has 0 bridgehead atoms. The molecular weight excluding hydrogens is 344 g/mol. The van der Waals surface area contributed by atoms with Crippen LogP contribution in [0.15, 0.2) is 42.0 Å². The Morgan fingerprint density at radius 1 is 1.11 bits per heavy atom. The fraction of sp³-hybridized carbons (Fsp3) is 0.577. The van der Waals surface area contributed by atoms with Crippen LogP contribution in [0.1, 0.15) is 84.4 Å². The highest BCUT2D eigenvalue weighted by Crippen LogP contribution is 2.63. The first kappa shape index (κ1) is 20.9. The van der Waals surface area contributed by atoms with Crippen molar-refractivity contribution in [3.05, 3.63) is 58.7 Å². The van der Waals surface area contributed by atoms with Crippen molar-refractivity contribution in [2.24, 2.45) is 11.8 Å². The minimum atomic E-state index is -0.882. The Balaban J connectivity index is 1.97. The van der Waals surface area contributed by atoms with E-state index in [1.165, 1.54) is 35.6 Å². The maximum Gasteiger partial charge on any atom is 0.328 e. The Morgan fingerprint density at radius 2 is 1.71 bits per heavy atom. The van der Waals surface area contributed by atoms with E-state index >= 15 is 0 Å². The number of carboxylic acid groups (broad SMARTS) is 1. The van der Waals surface area contributed by atoms with Gasteiger partial charge in [-0.2, -0.15) is 0 Å². The minimum absolute atomic E-state index is 0.140. The van der Waals surface area contributed by atoms with Gasteiger partial charge in [0.1, 0.15) is 0 Å². The van der Waals surface area contributed by atoms with Crippen LogP contribution in [0.3, 0.4) is 0 Å². The van der Waals surface area contributed by atoms with Crippen molar-refractivity contribution in [3.63, 3.8) is 0 Å². The summed E-state index contributed by atoms with van der Waals surface area (Å²) in [5.41, 5.74) is 5.88. The minimum Gasteiger partial charge on any atom is -0.478 e. The van der Waals surface area contributed by atoms with Crippen LogP contribution in [-0.2, 0) is 21.0 Å². The summed E-state index contributed by atoms with van der Waals surface area (Å²) in [6.07, 6.45) is 9.10. The fourth-order valence-electron chi connectivity index (χ4n) is 5.48. The van der Waals surface area contributed by atoms with Gasteiger partial charge in [0, 0.05) is 11.5 Å². The summed E-state index contributed by atoms with van der Waals surface area (Å²) < 4.78 is 0. The van der Waals surface area contributed by atoms with Crippen LogP contribution in [0, 0.1) is 11.8 Å². The molecule has 2 nitrogen and oxygen atoms in total. The van der Waals surface area contributed by atoms with Crippen LogP contribution >= 0.6 is 0 Å². The molecule has 0 aliphatic heterocycles. The first-order valence-electron chi connectivity index (χ1n) is 10.7. The number of benzene rings is 1. The summed E-state index contributed by atoms with van der Waals surface area (Å²) in [4.78, 5) is 10.9. The van der Waals surface area contributed by atoms with Crippen molar-refractivity contribution in [2.45, 2.75) is 84.0 Å². The van der Waals surface area contributed by atoms with E-state index < -0.39 is 5.97 Å². The zero-order chi connectivity index (χ0) is 20.9. The van der Waals surface area contributed by atoms with Crippen LogP contribution in [0.25, 0.3) is 0 Å². The Hall–Kier alpha value is -1.83. The van der Waals surface area contributed by atoms with Gasteiger partial charge in [0.05, 0.1) is 0 Å². The second-order valence-electron chi connectivity index (χ2n) is 10.4. The number of fused-ring (bicyclic) bond motifs is 1. The van der Waals surface area contributed by atoms with Gasteiger partial charge in [0.2, 0.25) is 0 Å². The van der Waals surface area contributed by atoms with Crippen LogP contribution in [0.5, 0.6) is 0 Å². The molecule has 0 saturated heterocycles. The van der Waals surface area contributed by atoms with E-state index in [4.69, 9.17) is 5.11 Å². The molecule has 0 aromatic heterocycles. The highest BCUT2D eigenvalue weighted by molar-refractivity contribution is 5.81. The molecule has 0 amide bonds. The Morgan fingerprint density at radius 3 is 2.29 bits per heavy atom. The first-order valence-corrected chi connectivity index (χ1v) is 10.7. The van der Waals surface area contributed by atoms with E-state index in [-0.39, 0.29) is 16.2 Å². The topological polar surface area (TPSA) is 37.3 Å². The van der Waals surface area contributed by atoms with Gasteiger partial charge in [0.25, 0.3) is 0 Å². The molecule has 0 unspecified atom stereocenters. The lowest BCUT2D eigenvalue weighted by atomic mass is 9.62. The predicted molar refractivity (Wildman–Crippen MR) is 117 cm³/mol. The van der Waals surface area contributed by atoms with Gasteiger partial charge in [-0.25, -0.2) is 4.79 Å². The summed E-state index contributed by atoms with van der Waals surface area (Å²) in [7, 11) is 0. The highest BCUT2D eigenvalue weighted by Gasteiger charge is 2.59. The molecular formula is C26H36O2. The Kier molecular flexibility index (Phi) is 5.15. The van der Waals surface area contributed by atoms with Crippen molar-refractivity contribution >= 4 is 5.97 Å². The maximum atomic E-state index is 10.9. The third kappa shape index (κ3) is 3.47. The van der Waals surface area contributed by atoms with E-state index in [0.717, 1.165) is 12.0 Å². The Bertz CT molecular complexity index is 840. The number of allylic oxidation sites excluding steroid dienone is 3. The molecule has 2 heteroatoms. The Labute approximate surface area is 170 Å². The van der Waals surface area contributed by atoms with Gasteiger partial charge in [-0.15, -0.1) is 0 Å². The number of hydrogen-bond donors (Lipinski definition) is 1. The van der Waals surface area contributed by atoms with E-state index in [1.807, 2.05) is 13.0 Å². The number of rotatable bonds is 5. The SMILES string of the molecule is CC[C@@H]1[C@@H](/C=C/C(C)=C/C(=O)O)[C@@]1(C)c1ccc2c(c1)C(C)(C)CCC2(C)C. The molecule has 1 fully saturated rings. The predicted octanol–water partition coefficient (Wildman–Crippen LogP) is 6.54. The molecule has 0 radical (unpaired) electrons. The zero-order valence-electron chi connectivity index (χ0n) is 18.6. The molecule has 3 rings (SSSR count). The molecule has 2 aliphatic rings. The van der Waals surface area contributed by atoms with Crippen molar-refractivity contribution in [3.8, 4) is 0 Å². The van der Waals surface area contributed by atoms with Crippen LogP contribution in [0.4, 0.5) is 0 Å². The normalized spacial score (nSPS) is 30.9.